The molecule has 0 radical (unpaired) electrons. The SMILES string of the molecule is CC(C)(C)c1nccc(S(C)(=O)=O)c1C#N. The van der Waals surface area contributed by atoms with Crippen LogP contribution in [-0.4, -0.2) is 19.7 Å². The van der Waals surface area contributed by atoms with Crippen molar-refractivity contribution in [3.05, 3.63) is 23.5 Å². The van der Waals surface area contributed by atoms with E-state index in [9.17, 15) is 8.42 Å². The summed E-state index contributed by atoms with van der Waals surface area (Å²) in [7, 11) is -3.39. The van der Waals surface area contributed by atoms with Gasteiger partial charge >= 0.3 is 0 Å². The molecule has 0 unspecified atom stereocenters. The van der Waals surface area contributed by atoms with Crippen molar-refractivity contribution in [2.24, 2.45) is 0 Å². The van der Waals surface area contributed by atoms with Gasteiger partial charge in [-0.15, -0.1) is 0 Å². The van der Waals surface area contributed by atoms with E-state index in [2.05, 4.69) is 4.98 Å². The second-order valence-corrected chi connectivity index (χ2v) is 6.65. The molecule has 5 heteroatoms. The van der Waals surface area contributed by atoms with Crippen LogP contribution in [0.5, 0.6) is 0 Å². The minimum Gasteiger partial charge on any atom is -0.259 e. The predicted octanol–water partition coefficient (Wildman–Crippen LogP) is 1.65. The summed E-state index contributed by atoms with van der Waals surface area (Å²) >= 11 is 0. The van der Waals surface area contributed by atoms with Crippen molar-refractivity contribution in [3.63, 3.8) is 0 Å². The van der Waals surface area contributed by atoms with E-state index in [0.717, 1.165) is 6.26 Å². The third-order valence-corrected chi connectivity index (χ3v) is 3.27. The van der Waals surface area contributed by atoms with Crippen molar-refractivity contribution < 1.29 is 8.42 Å². The molecule has 0 atom stereocenters. The Bertz CT molecular complexity index is 548. The Balaban J connectivity index is 3.66. The Hall–Kier alpha value is -1.41. The molecule has 1 aromatic rings. The van der Waals surface area contributed by atoms with Crippen LogP contribution >= 0.6 is 0 Å². The lowest BCUT2D eigenvalue weighted by Gasteiger charge is -2.19. The number of nitrogens with zero attached hydrogens (tertiary/aromatic N) is 2. The standard InChI is InChI=1S/C11H14N2O2S/c1-11(2,3)10-8(7-12)9(5-6-13-10)16(4,14)15/h5-6H,1-4H3. The number of aromatic nitrogens is 1. The van der Waals surface area contributed by atoms with E-state index < -0.39 is 9.84 Å². The molecule has 0 saturated heterocycles. The summed E-state index contributed by atoms with van der Waals surface area (Å²) in [5.41, 5.74) is 0.307. The van der Waals surface area contributed by atoms with Crippen LogP contribution in [0.4, 0.5) is 0 Å². The minimum atomic E-state index is -3.39. The monoisotopic (exact) mass is 238 g/mol. The van der Waals surface area contributed by atoms with Gasteiger partial charge in [0.1, 0.15) is 6.07 Å². The van der Waals surface area contributed by atoms with Gasteiger partial charge in [-0.1, -0.05) is 20.8 Å². The highest BCUT2D eigenvalue weighted by Gasteiger charge is 2.24. The first kappa shape index (κ1) is 12.7. The van der Waals surface area contributed by atoms with Gasteiger partial charge in [-0.3, -0.25) is 4.98 Å². The summed E-state index contributed by atoms with van der Waals surface area (Å²) in [6.45, 7) is 5.67. The second kappa shape index (κ2) is 3.87. The fraction of sp³-hybridized carbons (Fsp3) is 0.455. The number of pyridine rings is 1. The molecule has 0 aliphatic carbocycles. The van der Waals surface area contributed by atoms with Crippen molar-refractivity contribution in [2.45, 2.75) is 31.1 Å². The van der Waals surface area contributed by atoms with E-state index in [1.807, 2.05) is 26.8 Å². The smallest absolute Gasteiger partial charge is 0.176 e. The average Bonchev–Trinajstić information content (AvgIpc) is 2.13. The molecule has 0 bridgehead atoms. The molecule has 0 spiro atoms. The Morgan fingerprint density at radius 3 is 2.31 bits per heavy atom. The molecular formula is C11H14N2O2S. The molecule has 0 aliphatic rings. The van der Waals surface area contributed by atoms with Gasteiger partial charge in [-0.25, -0.2) is 8.42 Å². The maximum absolute atomic E-state index is 11.5. The lowest BCUT2D eigenvalue weighted by Crippen LogP contribution is -2.17. The van der Waals surface area contributed by atoms with Gasteiger partial charge in [0.25, 0.3) is 0 Å². The van der Waals surface area contributed by atoms with Gasteiger partial charge in [-0.05, 0) is 6.07 Å². The van der Waals surface area contributed by atoms with Crippen LogP contribution in [0.25, 0.3) is 0 Å². The summed E-state index contributed by atoms with van der Waals surface area (Å²) < 4.78 is 23.0. The van der Waals surface area contributed by atoms with E-state index in [0.29, 0.717) is 5.69 Å². The summed E-state index contributed by atoms with van der Waals surface area (Å²) in [6, 6.07) is 3.30. The molecule has 0 saturated carbocycles. The first-order valence-electron chi connectivity index (χ1n) is 4.77. The van der Waals surface area contributed by atoms with E-state index in [1.165, 1.54) is 12.3 Å². The molecule has 0 aliphatic heterocycles. The fourth-order valence-electron chi connectivity index (χ4n) is 1.43. The van der Waals surface area contributed by atoms with Crippen LogP contribution in [-0.2, 0) is 15.3 Å². The van der Waals surface area contributed by atoms with Gasteiger partial charge in [0.2, 0.25) is 0 Å². The topological polar surface area (TPSA) is 70.8 Å². The molecule has 86 valence electrons. The Morgan fingerprint density at radius 1 is 1.38 bits per heavy atom. The third-order valence-electron chi connectivity index (χ3n) is 2.13. The highest BCUT2D eigenvalue weighted by atomic mass is 32.2. The van der Waals surface area contributed by atoms with Crippen molar-refractivity contribution >= 4 is 9.84 Å². The maximum atomic E-state index is 11.5. The van der Waals surface area contributed by atoms with Crippen LogP contribution < -0.4 is 0 Å². The van der Waals surface area contributed by atoms with Crippen molar-refractivity contribution in [1.82, 2.24) is 4.98 Å². The van der Waals surface area contributed by atoms with E-state index >= 15 is 0 Å². The highest BCUT2D eigenvalue weighted by Crippen LogP contribution is 2.27. The number of hydrogen-bond donors (Lipinski definition) is 0. The summed E-state index contributed by atoms with van der Waals surface area (Å²) in [6.07, 6.45) is 2.52. The van der Waals surface area contributed by atoms with Crippen molar-refractivity contribution in [3.8, 4) is 6.07 Å². The average molecular weight is 238 g/mol. The van der Waals surface area contributed by atoms with Gasteiger partial charge < -0.3 is 0 Å². The highest BCUT2D eigenvalue weighted by molar-refractivity contribution is 7.90. The molecule has 0 amide bonds. The molecule has 0 N–H and O–H groups in total. The molecule has 1 heterocycles. The third kappa shape index (κ3) is 2.39. The normalized spacial score (nSPS) is 12.2. The number of sulfone groups is 1. The van der Waals surface area contributed by atoms with Crippen LogP contribution in [0.3, 0.4) is 0 Å². The van der Waals surface area contributed by atoms with Crippen molar-refractivity contribution in [2.75, 3.05) is 6.26 Å². The zero-order valence-electron chi connectivity index (χ0n) is 9.77. The van der Waals surface area contributed by atoms with E-state index in [4.69, 9.17) is 5.26 Å². The van der Waals surface area contributed by atoms with Crippen LogP contribution in [0.15, 0.2) is 17.2 Å². The van der Waals surface area contributed by atoms with E-state index in [-0.39, 0.29) is 15.9 Å². The van der Waals surface area contributed by atoms with Gasteiger partial charge in [-0.2, -0.15) is 5.26 Å². The molecule has 1 aromatic heterocycles. The zero-order chi connectivity index (χ0) is 12.6. The zero-order valence-corrected chi connectivity index (χ0v) is 10.6. The molecule has 0 fully saturated rings. The fourth-order valence-corrected chi connectivity index (χ4v) is 2.25. The number of hydrogen-bond acceptors (Lipinski definition) is 4. The lowest BCUT2D eigenvalue weighted by molar-refractivity contribution is 0.562. The largest absolute Gasteiger partial charge is 0.259 e. The van der Waals surface area contributed by atoms with Gasteiger partial charge in [0, 0.05) is 17.9 Å². The molecule has 1 rings (SSSR count). The molecule has 4 nitrogen and oxygen atoms in total. The Morgan fingerprint density at radius 2 is 1.94 bits per heavy atom. The van der Waals surface area contributed by atoms with E-state index in [1.54, 1.807) is 0 Å². The quantitative estimate of drug-likeness (QED) is 0.746. The lowest BCUT2D eigenvalue weighted by atomic mass is 9.89. The van der Waals surface area contributed by atoms with Crippen LogP contribution in [0.2, 0.25) is 0 Å². The second-order valence-electron chi connectivity index (χ2n) is 4.67. The molecular weight excluding hydrogens is 224 g/mol. The summed E-state index contributed by atoms with van der Waals surface area (Å²) in [5.74, 6) is 0. The number of rotatable bonds is 1. The Kier molecular flexibility index (Phi) is 3.06. The molecule has 16 heavy (non-hydrogen) atoms. The molecule has 0 aromatic carbocycles. The minimum absolute atomic E-state index is 0.0509. The van der Waals surface area contributed by atoms with Gasteiger partial charge in [0.15, 0.2) is 9.84 Å². The van der Waals surface area contributed by atoms with Crippen LogP contribution in [0.1, 0.15) is 32.0 Å². The van der Waals surface area contributed by atoms with Gasteiger partial charge in [0.05, 0.1) is 16.2 Å². The van der Waals surface area contributed by atoms with Crippen LogP contribution in [0, 0.1) is 11.3 Å². The summed E-state index contributed by atoms with van der Waals surface area (Å²) in [5, 5.41) is 9.07. The first-order chi connectivity index (χ1) is 7.18. The maximum Gasteiger partial charge on any atom is 0.176 e. The summed E-state index contributed by atoms with van der Waals surface area (Å²) in [4.78, 5) is 4.16. The first-order valence-corrected chi connectivity index (χ1v) is 6.66. The van der Waals surface area contributed by atoms with Crippen molar-refractivity contribution in [1.29, 1.82) is 5.26 Å². The Labute approximate surface area is 95.9 Å². The number of nitriles is 1. The predicted molar refractivity (Wildman–Crippen MR) is 60.8 cm³/mol.